The minimum atomic E-state index is -0.392. The highest BCUT2D eigenvalue weighted by Gasteiger charge is 2.20. The number of anilines is 1. The third kappa shape index (κ3) is 3.88. The number of hydrogen-bond donors (Lipinski definition) is 1. The zero-order valence-electron chi connectivity index (χ0n) is 13.6. The summed E-state index contributed by atoms with van der Waals surface area (Å²) in [5.74, 6) is 0.0461. The van der Waals surface area contributed by atoms with Crippen LogP contribution < -0.4 is 19.7 Å². The molecule has 25 heavy (non-hydrogen) atoms. The molecule has 2 aromatic rings. The van der Waals surface area contributed by atoms with Gasteiger partial charge in [-0.05, 0) is 18.2 Å². The van der Waals surface area contributed by atoms with Gasteiger partial charge in [-0.3, -0.25) is 9.59 Å². The molecule has 0 fully saturated rings. The molecule has 1 N–H and O–H groups in total. The Balaban J connectivity index is 1.66. The topological polar surface area (TPSA) is 67.9 Å². The molecule has 2 aromatic carbocycles. The number of nitrogens with one attached hydrogen (secondary N) is 1. The fourth-order valence-electron chi connectivity index (χ4n) is 2.47. The SMILES string of the molecule is CC(=O)N(CC(=O)NCc1ccccc1F)c1ccc2c(c1)OCO2. The number of carbonyl (C=O) groups excluding carboxylic acids is 2. The molecule has 0 radical (unpaired) electrons. The lowest BCUT2D eigenvalue weighted by Crippen LogP contribution is -2.39. The molecule has 7 heteroatoms. The number of rotatable bonds is 5. The minimum Gasteiger partial charge on any atom is -0.454 e. The number of benzene rings is 2. The lowest BCUT2D eigenvalue weighted by Gasteiger charge is -2.21. The standard InChI is InChI=1S/C18H17FN2O4/c1-12(22)21(14-6-7-16-17(8-14)25-11-24-16)10-18(23)20-9-13-4-2-3-5-15(13)19/h2-8H,9-11H2,1H3,(H,20,23). The normalized spacial score (nSPS) is 11.9. The van der Waals surface area contributed by atoms with Crippen LogP contribution in [0.3, 0.4) is 0 Å². The first-order chi connectivity index (χ1) is 12.0. The van der Waals surface area contributed by atoms with Gasteiger partial charge in [-0.2, -0.15) is 0 Å². The molecular weight excluding hydrogens is 327 g/mol. The second kappa shape index (κ2) is 7.21. The first-order valence-corrected chi connectivity index (χ1v) is 7.72. The van der Waals surface area contributed by atoms with E-state index < -0.39 is 5.91 Å². The van der Waals surface area contributed by atoms with Crippen molar-refractivity contribution in [3.63, 3.8) is 0 Å². The predicted octanol–water partition coefficient (Wildman–Crippen LogP) is 2.22. The van der Waals surface area contributed by atoms with Gasteiger partial charge >= 0.3 is 0 Å². The molecular formula is C18H17FN2O4. The number of carbonyl (C=O) groups is 2. The first-order valence-electron chi connectivity index (χ1n) is 7.72. The Morgan fingerprint density at radius 2 is 1.92 bits per heavy atom. The molecule has 0 saturated heterocycles. The van der Waals surface area contributed by atoms with Gasteiger partial charge < -0.3 is 19.7 Å². The summed E-state index contributed by atoms with van der Waals surface area (Å²) in [5.41, 5.74) is 0.908. The third-order valence-electron chi connectivity index (χ3n) is 3.78. The monoisotopic (exact) mass is 344 g/mol. The number of hydrogen-bond acceptors (Lipinski definition) is 4. The maximum absolute atomic E-state index is 13.6. The Bertz CT molecular complexity index is 809. The van der Waals surface area contributed by atoms with Crippen LogP contribution in [0.15, 0.2) is 42.5 Å². The summed E-state index contributed by atoms with van der Waals surface area (Å²) in [6, 6.07) is 11.2. The molecule has 0 spiro atoms. The number of amides is 2. The zero-order valence-corrected chi connectivity index (χ0v) is 13.6. The molecule has 1 aliphatic rings. The second-order valence-corrected chi connectivity index (χ2v) is 5.51. The quantitative estimate of drug-likeness (QED) is 0.903. The van der Waals surface area contributed by atoms with Gasteiger partial charge in [0.15, 0.2) is 11.5 Å². The Morgan fingerprint density at radius 1 is 1.16 bits per heavy atom. The fraction of sp³-hybridized carbons (Fsp3) is 0.222. The summed E-state index contributed by atoms with van der Waals surface area (Å²) in [6.45, 7) is 1.37. The summed E-state index contributed by atoms with van der Waals surface area (Å²) < 4.78 is 24.1. The first kappa shape index (κ1) is 16.8. The molecule has 0 bridgehead atoms. The second-order valence-electron chi connectivity index (χ2n) is 5.51. The van der Waals surface area contributed by atoms with Crippen molar-refractivity contribution < 1.29 is 23.5 Å². The number of fused-ring (bicyclic) bond motifs is 1. The highest BCUT2D eigenvalue weighted by atomic mass is 19.1. The van der Waals surface area contributed by atoms with Crippen LogP contribution in [-0.2, 0) is 16.1 Å². The van der Waals surface area contributed by atoms with E-state index in [1.165, 1.54) is 17.9 Å². The Morgan fingerprint density at radius 3 is 2.68 bits per heavy atom. The van der Waals surface area contributed by atoms with E-state index in [4.69, 9.17) is 9.47 Å². The summed E-state index contributed by atoms with van der Waals surface area (Å²) in [4.78, 5) is 25.4. The van der Waals surface area contributed by atoms with E-state index in [0.717, 1.165) is 0 Å². The molecule has 6 nitrogen and oxygen atoms in total. The zero-order chi connectivity index (χ0) is 17.8. The van der Waals surface area contributed by atoms with Gasteiger partial charge in [0.05, 0.1) is 0 Å². The molecule has 130 valence electrons. The smallest absolute Gasteiger partial charge is 0.240 e. The molecule has 0 atom stereocenters. The van der Waals surface area contributed by atoms with Crippen LogP contribution in [0.4, 0.5) is 10.1 Å². The van der Waals surface area contributed by atoms with Crippen molar-refractivity contribution in [3.05, 3.63) is 53.8 Å². The van der Waals surface area contributed by atoms with Crippen molar-refractivity contribution in [2.24, 2.45) is 0 Å². The maximum atomic E-state index is 13.6. The maximum Gasteiger partial charge on any atom is 0.240 e. The van der Waals surface area contributed by atoms with Gasteiger partial charge in [-0.15, -0.1) is 0 Å². The van der Waals surface area contributed by atoms with Crippen LogP contribution in [0.2, 0.25) is 0 Å². The molecule has 0 aromatic heterocycles. The van der Waals surface area contributed by atoms with Gasteiger partial charge in [0.1, 0.15) is 12.4 Å². The van der Waals surface area contributed by atoms with Crippen LogP contribution in [0, 0.1) is 5.82 Å². The van der Waals surface area contributed by atoms with Crippen LogP contribution in [0.25, 0.3) is 0 Å². The lowest BCUT2D eigenvalue weighted by atomic mass is 10.2. The molecule has 1 heterocycles. The summed E-state index contributed by atoms with van der Waals surface area (Å²) in [6.07, 6.45) is 0. The van der Waals surface area contributed by atoms with E-state index in [1.807, 2.05) is 0 Å². The average molecular weight is 344 g/mol. The van der Waals surface area contributed by atoms with E-state index in [1.54, 1.807) is 36.4 Å². The summed E-state index contributed by atoms with van der Waals surface area (Å²) in [5, 5.41) is 2.62. The van der Waals surface area contributed by atoms with Gasteiger partial charge in [0.2, 0.25) is 18.6 Å². The Labute approximate surface area is 144 Å². The number of ether oxygens (including phenoxy) is 2. The Hall–Kier alpha value is -3.09. The van der Waals surface area contributed by atoms with E-state index in [-0.39, 0.29) is 31.6 Å². The summed E-state index contributed by atoms with van der Waals surface area (Å²) >= 11 is 0. The van der Waals surface area contributed by atoms with Crippen molar-refractivity contribution in [3.8, 4) is 11.5 Å². The largest absolute Gasteiger partial charge is 0.454 e. The summed E-state index contributed by atoms with van der Waals surface area (Å²) in [7, 11) is 0. The molecule has 0 unspecified atom stereocenters. The van der Waals surface area contributed by atoms with Gasteiger partial charge in [-0.25, -0.2) is 4.39 Å². The van der Waals surface area contributed by atoms with E-state index in [9.17, 15) is 14.0 Å². The van der Waals surface area contributed by atoms with Crippen LogP contribution >= 0.6 is 0 Å². The third-order valence-corrected chi connectivity index (χ3v) is 3.78. The van der Waals surface area contributed by atoms with Crippen molar-refractivity contribution in [2.75, 3.05) is 18.2 Å². The highest BCUT2D eigenvalue weighted by Crippen LogP contribution is 2.35. The molecule has 0 aliphatic carbocycles. The van der Waals surface area contributed by atoms with Crippen molar-refractivity contribution in [1.82, 2.24) is 5.32 Å². The number of nitrogens with zero attached hydrogens (tertiary/aromatic N) is 1. The van der Waals surface area contributed by atoms with Crippen molar-refractivity contribution >= 4 is 17.5 Å². The van der Waals surface area contributed by atoms with Crippen molar-refractivity contribution in [2.45, 2.75) is 13.5 Å². The fourth-order valence-corrected chi connectivity index (χ4v) is 2.47. The lowest BCUT2D eigenvalue weighted by molar-refractivity contribution is -0.123. The molecule has 1 aliphatic heterocycles. The molecule has 2 amide bonds. The van der Waals surface area contributed by atoms with Crippen LogP contribution in [-0.4, -0.2) is 25.2 Å². The van der Waals surface area contributed by atoms with E-state index >= 15 is 0 Å². The van der Waals surface area contributed by atoms with Crippen LogP contribution in [0.5, 0.6) is 11.5 Å². The predicted molar refractivity (Wildman–Crippen MR) is 88.8 cm³/mol. The highest BCUT2D eigenvalue weighted by molar-refractivity contribution is 5.97. The van der Waals surface area contributed by atoms with Crippen LogP contribution in [0.1, 0.15) is 12.5 Å². The van der Waals surface area contributed by atoms with Gasteiger partial charge in [-0.1, -0.05) is 18.2 Å². The average Bonchev–Trinajstić information content (AvgIpc) is 3.06. The molecule has 0 saturated carbocycles. The van der Waals surface area contributed by atoms with Gasteiger partial charge in [0.25, 0.3) is 0 Å². The van der Waals surface area contributed by atoms with Gasteiger partial charge in [0, 0.05) is 30.8 Å². The molecule has 3 rings (SSSR count). The van der Waals surface area contributed by atoms with E-state index in [2.05, 4.69) is 5.32 Å². The van der Waals surface area contributed by atoms with Crippen molar-refractivity contribution in [1.29, 1.82) is 0 Å². The van der Waals surface area contributed by atoms with E-state index in [0.29, 0.717) is 22.7 Å². The Kier molecular flexibility index (Phi) is 4.83. The minimum absolute atomic E-state index is 0.0540. The number of halogens is 1.